The van der Waals surface area contributed by atoms with Gasteiger partial charge in [-0.15, -0.1) is 0 Å². The van der Waals surface area contributed by atoms with Crippen LogP contribution < -0.4 is 0 Å². The number of aromatic nitrogens is 2. The van der Waals surface area contributed by atoms with Gasteiger partial charge in [0.05, 0.1) is 62.3 Å². The molecule has 13 aromatic rings. The Morgan fingerprint density at radius 1 is 0.325 bits per heavy atom. The number of halogens is 3. The van der Waals surface area contributed by atoms with Gasteiger partial charge in [0.2, 0.25) is 0 Å². The SMILES string of the molecule is Cc1ccccc1-c1ccc2c(c1)c1cc(-c3ccccc3C)ccc1n2-c1cc(C#N)ccc1-c1ccc(-c2ccc(C(F)(F)F)cc2C#N)cc1-n1c2ccc(-c3ccccc3C)cc2c2cc(-c3ccccc3C)ccc21. The number of alkyl halides is 3. The topological polar surface area (TPSA) is 57.4 Å². The first kappa shape index (κ1) is 49.4. The van der Waals surface area contributed by atoms with Crippen LogP contribution in [-0.2, 0) is 6.18 Å². The molecule has 0 atom stereocenters. The Balaban J connectivity index is 1.13. The van der Waals surface area contributed by atoms with Crippen molar-refractivity contribution in [2.75, 3.05) is 0 Å². The zero-order valence-corrected chi connectivity index (χ0v) is 44.3. The molecule has 0 spiro atoms. The van der Waals surface area contributed by atoms with Gasteiger partial charge in [-0.1, -0.05) is 146 Å². The van der Waals surface area contributed by atoms with Crippen molar-refractivity contribution in [2.45, 2.75) is 33.9 Å². The molecule has 0 aliphatic rings. The summed E-state index contributed by atoms with van der Waals surface area (Å²) in [5.41, 5.74) is 20.7. The highest BCUT2D eigenvalue weighted by Gasteiger charge is 2.32. The number of nitrogens with zero attached hydrogens (tertiary/aromatic N) is 4. The molecule has 80 heavy (non-hydrogen) atoms. The zero-order chi connectivity index (χ0) is 55.0. The third-order valence-electron chi connectivity index (χ3n) is 16.0. The van der Waals surface area contributed by atoms with Gasteiger partial charge in [0.1, 0.15) is 0 Å². The van der Waals surface area contributed by atoms with Crippen LogP contribution >= 0.6 is 0 Å². The lowest BCUT2D eigenvalue weighted by Crippen LogP contribution is -2.05. The lowest BCUT2D eigenvalue weighted by Gasteiger charge is -2.20. The standard InChI is InChI=1S/C73H49F3N4/c1-44-13-5-9-17-56(44)49-23-31-67-63(37-49)64-38-50(57-18-10-6-14-45(57)2)24-32-68(64)79(67)71-35-48(42-77)21-28-61(71)62-29-22-53(60-30-27-55(73(74,75)76)36-54(60)43-78)41-72(62)80-69-33-25-51(58-19-11-7-15-46(58)3)39-65(69)66-40-52(26-34-70(66)80)59-20-12-8-16-47(59)4/h5-41H,1-4H3. The van der Waals surface area contributed by atoms with Crippen LogP contribution in [0.15, 0.2) is 224 Å². The highest BCUT2D eigenvalue weighted by molar-refractivity contribution is 6.14. The van der Waals surface area contributed by atoms with Crippen LogP contribution in [0.25, 0.3) is 122 Å². The summed E-state index contributed by atoms with van der Waals surface area (Å²) in [6.07, 6.45) is -4.64. The Hall–Kier alpha value is -10.2. The van der Waals surface area contributed by atoms with E-state index in [4.69, 9.17) is 0 Å². The van der Waals surface area contributed by atoms with E-state index in [0.29, 0.717) is 16.7 Å². The normalized spacial score (nSPS) is 11.7. The monoisotopic (exact) mass is 1040 g/mol. The molecule has 0 aliphatic heterocycles. The summed E-state index contributed by atoms with van der Waals surface area (Å²) in [7, 11) is 0. The Morgan fingerprint density at radius 3 is 1.02 bits per heavy atom. The number of hydrogen-bond acceptors (Lipinski definition) is 2. The first-order valence-corrected chi connectivity index (χ1v) is 26.6. The molecule has 0 bridgehead atoms. The highest BCUT2D eigenvalue weighted by Crippen LogP contribution is 2.46. The largest absolute Gasteiger partial charge is 0.416 e. The molecule has 0 N–H and O–H groups in total. The van der Waals surface area contributed by atoms with Gasteiger partial charge in [-0.2, -0.15) is 23.7 Å². The number of aryl methyl sites for hydroxylation is 4. The fraction of sp³-hybridized carbons (Fsp3) is 0.0685. The van der Waals surface area contributed by atoms with Gasteiger partial charge in [-0.25, -0.2) is 0 Å². The molecule has 7 heteroatoms. The molecule has 382 valence electrons. The second-order valence-corrected chi connectivity index (χ2v) is 20.8. The van der Waals surface area contributed by atoms with Crippen molar-refractivity contribution in [2.24, 2.45) is 0 Å². The lowest BCUT2D eigenvalue weighted by atomic mass is 9.93. The molecule has 0 saturated carbocycles. The number of nitriles is 2. The molecule has 4 nitrogen and oxygen atoms in total. The average Bonchev–Trinajstić information content (AvgIpc) is 4.02. The first-order chi connectivity index (χ1) is 38.9. The van der Waals surface area contributed by atoms with E-state index in [2.05, 4.69) is 207 Å². The molecular formula is C73H49F3N4. The van der Waals surface area contributed by atoms with E-state index in [9.17, 15) is 23.7 Å². The van der Waals surface area contributed by atoms with Crippen LogP contribution in [-0.4, -0.2) is 9.13 Å². The molecule has 0 amide bonds. The van der Waals surface area contributed by atoms with E-state index >= 15 is 0 Å². The van der Waals surface area contributed by atoms with Crippen LogP contribution in [0.2, 0.25) is 0 Å². The summed E-state index contributed by atoms with van der Waals surface area (Å²) >= 11 is 0. The maximum atomic E-state index is 14.2. The second kappa shape index (κ2) is 19.4. The Kier molecular flexibility index (Phi) is 11.9. The third-order valence-corrected chi connectivity index (χ3v) is 16.0. The van der Waals surface area contributed by atoms with Crippen molar-refractivity contribution in [1.29, 1.82) is 10.5 Å². The van der Waals surface area contributed by atoms with E-state index in [-0.39, 0.29) is 5.56 Å². The Labute approximate surface area is 461 Å². The minimum absolute atomic E-state index is 0.0917. The van der Waals surface area contributed by atoms with Crippen molar-refractivity contribution >= 4 is 43.6 Å². The summed E-state index contributed by atoms with van der Waals surface area (Å²) in [5.74, 6) is 0. The highest BCUT2D eigenvalue weighted by atomic mass is 19.4. The van der Waals surface area contributed by atoms with Gasteiger partial charge in [0, 0.05) is 32.7 Å². The van der Waals surface area contributed by atoms with E-state index in [1.54, 1.807) is 0 Å². The maximum Gasteiger partial charge on any atom is 0.416 e. The number of hydrogen-bond donors (Lipinski definition) is 0. The van der Waals surface area contributed by atoms with Crippen molar-refractivity contribution in [3.05, 3.63) is 263 Å². The minimum Gasteiger partial charge on any atom is -0.309 e. The van der Waals surface area contributed by atoms with Gasteiger partial charge >= 0.3 is 6.18 Å². The zero-order valence-electron chi connectivity index (χ0n) is 44.3. The van der Waals surface area contributed by atoms with E-state index in [1.165, 1.54) is 6.07 Å². The Bertz CT molecular complexity index is 4580. The van der Waals surface area contributed by atoms with Gasteiger partial charge < -0.3 is 9.13 Å². The van der Waals surface area contributed by atoms with Crippen LogP contribution in [0.4, 0.5) is 13.2 Å². The van der Waals surface area contributed by atoms with E-state index in [0.717, 1.165) is 145 Å². The third kappa shape index (κ3) is 8.31. The number of benzene rings is 11. The molecule has 0 unspecified atom stereocenters. The fourth-order valence-corrected chi connectivity index (χ4v) is 12.0. The fourth-order valence-electron chi connectivity index (χ4n) is 12.0. The van der Waals surface area contributed by atoms with E-state index in [1.807, 2.05) is 48.5 Å². The molecule has 0 saturated heterocycles. The molecule has 0 fully saturated rings. The van der Waals surface area contributed by atoms with E-state index < -0.39 is 11.7 Å². The summed E-state index contributed by atoms with van der Waals surface area (Å²) < 4.78 is 47.2. The van der Waals surface area contributed by atoms with Gasteiger partial charge in [0.25, 0.3) is 0 Å². The summed E-state index contributed by atoms with van der Waals surface area (Å²) in [6, 6.07) is 79.5. The van der Waals surface area contributed by atoms with Crippen molar-refractivity contribution < 1.29 is 13.2 Å². The van der Waals surface area contributed by atoms with Crippen molar-refractivity contribution in [1.82, 2.24) is 9.13 Å². The van der Waals surface area contributed by atoms with Gasteiger partial charge in [-0.05, 0) is 184 Å². The van der Waals surface area contributed by atoms with Crippen LogP contribution in [0.1, 0.15) is 38.9 Å². The smallest absolute Gasteiger partial charge is 0.309 e. The molecule has 11 aromatic carbocycles. The van der Waals surface area contributed by atoms with Crippen LogP contribution in [0.5, 0.6) is 0 Å². The van der Waals surface area contributed by atoms with Crippen molar-refractivity contribution in [3.63, 3.8) is 0 Å². The number of fused-ring (bicyclic) bond motifs is 6. The summed E-state index contributed by atoms with van der Waals surface area (Å²) in [6.45, 7) is 8.49. The number of rotatable bonds is 8. The predicted octanol–water partition coefficient (Wildman–Crippen LogP) is 19.9. The first-order valence-electron chi connectivity index (χ1n) is 26.6. The molecular weight excluding hydrogens is 990 g/mol. The quantitative estimate of drug-likeness (QED) is 0.152. The lowest BCUT2D eigenvalue weighted by molar-refractivity contribution is -0.137. The van der Waals surface area contributed by atoms with Crippen LogP contribution in [0.3, 0.4) is 0 Å². The molecule has 2 aromatic heterocycles. The van der Waals surface area contributed by atoms with Crippen LogP contribution in [0, 0.1) is 50.4 Å². The predicted molar refractivity (Wildman–Crippen MR) is 321 cm³/mol. The van der Waals surface area contributed by atoms with Crippen molar-refractivity contribution in [3.8, 4) is 90.3 Å². The molecule has 0 aliphatic carbocycles. The van der Waals surface area contributed by atoms with Gasteiger partial charge in [-0.3, -0.25) is 0 Å². The maximum absolute atomic E-state index is 14.2. The second-order valence-electron chi connectivity index (χ2n) is 20.8. The summed E-state index contributed by atoms with van der Waals surface area (Å²) in [5, 5.41) is 25.4. The minimum atomic E-state index is -4.64. The molecule has 13 rings (SSSR count). The molecule has 0 radical (unpaired) electrons. The van der Waals surface area contributed by atoms with Gasteiger partial charge in [0.15, 0.2) is 0 Å². The average molecular weight is 1040 g/mol. The molecule has 2 heterocycles. The summed E-state index contributed by atoms with van der Waals surface area (Å²) in [4.78, 5) is 0. The Morgan fingerprint density at radius 2 is 0.662 bits per heavy atom.